The summed E-state index contributed by atoms with van der Waals surface area (Å²) < 4.78 is 0. The van der Waals surface area contributed by atoms with Crippen molar-refractivity contribution in [1.29, 1.82) is 0 Å². The second-order valence-electron chi connectivity index (χ2n) is 7.05. The molecular weight excluding hydrogens is 318 g/mol. The molecule has 1 amide bonds. The van der Waals surface area contributed by atoms with E-state index in [1.165, 1.54) is 11.1 Å². The average Bonchev–Trinajstić information content (AvgIpc) is 3.06. The Labute approximate surface area is 149 Å². The first-order valence-electron chi connectivity index (χ1n) is 9.06. The van der Waals surface area contributed by atoms with E-state index >= 15 is 0 Å². The molecule has 0 aliphatic carbocycles. The molecule has 1 aromatic carbocycles. The Kier molecular flexibility index (Phi) is 5.71. The molecular formula is C19H27N3O3. The SMILES string of the molecule is Cc1ccccc1CN1CCN(C(=O)CN2CCCC2C(=O)O)CC1. The molecule has 1 N–H and O–H groups in total. The standard InChI is InChI=1S/C19H27N3O3/c1-15-5-2-3-6-16(15)13-20-9-11-21(12-10-20)18(23)14-22-8-4-7-17(22)19(24)25/h2-3,5-6,17H,4,7-14H2,1H3,(H,24,25). The quantitative estimate of drug-likeness (QED) is 0.868. The molecule has 2 aliphatic heterocycles. The van der Waals surface area contributed by atoms with Crippen molar-refractivity contribution in [2.75, 3.05) is 39.3 Å². The highest BCUT2D eigenvalue weighted by Gasteiger charge is 2.33. The van der Waals surface area contributed by atoms with Gasteiger partial charge < -0.3 is 10.0 Å². The maximum absolute atomic E-state index is 12.5. The molecule has 25 heavy (non-hydrogen) atoms. The number of aryl methyl sites for hydroxylation is 1. The van der Waals surface area contributed by atoms with Crippen molar-refractivity contribution < 1.29 is 14.7 Å². The van der Waals surface area contributed by atoms with Crippen molar-refractivity contribution in [2.24, 2.45) is 0 Å². The number of hydrogen-bond acceptors (Lipinski definition) is 4. The molecule has 0 saturated carbocycles. The van der Waals surface area contributed by atoms with Gasteiger partial charge in [0.05, 0.1) is 6.54 Å². The van der Waals surface area contributed by atoms with Crippen molar-refractivity contribution >= 4 is 11.9 Å². The molecule has 1 unspecified atom stereocenters. The Bertz CT molecular complexity index is 626. The third-order valence-electron chi connectivity index (χ3n) is 5.37. The topological polar surface area (TPSA) is 64.1 Å². The fraction of sp³-hybridized carbons (Fsp3) is 0.579. The minimum absolute atomic E-state index is 0.0590. The van der Waals surface area contributed by atoms with Gasteiger partial charge in [-0.2, -0.15) is 0 Å². The fourth-order valence-corrected chi connectivity index (χ4v) is 3.75. The van der Waals surface area contributed by atoms with Crippen LogP contribution in [0, 0.1) is 6.92 Å². The monoisotopic (exact) mass is 345 g/mol. The molecule has 6 heteroatoms. The molecule has 1 atom stereocenters. The van der Waals surface area contributed by atoms with Crippen molar-refractivity contribution in [2.45, 2.75) is 32.4 Å². The zero-order valence-corrected chi connectivity index (χ0v) is 14.9. The molecule has 1 aromatic rings. The van der Waals surface area contributed by atoms with Crippen LogP contribution >= 0.6 is 0 Å². The van der Waals surface area contributed by atoms with Gasteiger partial charge in [-0.25, -0.2) is 0 Å². The molecule has 6 nitrogen and oxygen atoms in total. The molecule has 136 valence electrons. The van der Waals surface area contributed by atoms with E-state index in [0.29, 0.717) is 13.0 Å². The van der Waals surface area contributed by atoms with Gasteiger partial charge in [-0.1, -0.05) is 24.3 Å². The van der Waals surface area contributed by atoms with Gasteiger partial charge in [-0.05, 0) is 37.4 Å². The van der Waals surface area contributed by atoms with Gasteiger partial charge in [-0.15, -0.1) is 0 Å². The molecule has 2 fully saturated rings. The van der Waals surface area contributed by atoms with Crippen LogP contribution < -0.4 is 0 Å². The number of carboxylic acids is 1. The smallest absolute Gasteiger partial charge is 0.320 e. The Morgan fingerprint density at radius 1 is 1.12 bits per heavy atom. The van der Waals surface area contributed by atoms with Gasteiger partial charge in [-0.3, -0.25) is 19.4 Å². The van der Waals surface area contributed by atoms with Crippen molar-refractivity contribution in [3.63, 3.8) is 0 Å². The summed E-state index contributed by atoms with van der Waals surface area (Å²) in [7, 11) is 0. The third-order valence-corrected chi connectivity index (χ3v) is 5.37. The van der Waals surface area contributed by atoms with Crippen LogP contribution in [0.15, 0.2) is 24.3 Å². The molecule has 0 radical (unpaired) electrons. The molecule has 0 aromatic heterocycles. The molecule has 2 heterocycles. The lowest BCUT2D eigenvalue weighted by Gasteiger charge is -2.36. The van der Waals surface area contributed by atoms with Crippen molar-refractivity contribution in [1.82, 2.24) is 14.7 Å². The predicted octanol–water partition coefficient (Wildman–Crippen LogP) is 1.19. The zero-order valence-electron chi connectivity index (χ0n) is 14.9. The maximum Gasteiger partial charge on any atom is 0.320 e. The first-order valence-corrected chi connectivity index (χ1v) is 9.06. The van der Waals surface area contributed by atoms with Gasteiger partial charge in [0, 0.05) is 32.7 Å². The zero-order chi connectivity index (χ0) is 17.8. The molecule has 0 spiro atoms. The minimum atomic E-state index is -0.812. The summed E-state index contributed by atoms with van der Waals surface area (Å²) >= 11 is 0. The van der Waals surface area contributed by atoms with Crippen LogP contribution in [0.1, 0.15) is 24.0 Å². The summed E-state index contributed by atoms with van der Waals surface area (Å²) in [6.07, 6.45) is 1.50. The van der Waals surface area contributed by atoms with E-state index in [9.17, 15) is 14.7 Å². The second-order valence-corrected chi connectivity index (χ2v) is 7.05. The summed E-state index contributed by atoms with van der Waals surface area (Å²) in [6, 6.07) is 7.91. The number of benzene rings is 1. The van der Waals surface area contributed by atoms with Crippen LogP contribution in [0.4, 0.5) is 0 Å². The Hall–Kier alpha value is -1.92. The maximum atomic E-state index is 12.5. The summed E-state index contributed by atoms with van der Waals surface area (Å²) in [6.45, 7) is 7.15. The normalized spacial score (nSPS) is 22.3. The Morgan fingerprint density at radius 2 is 1.84 bits per heavy atom. The number of likely N-dealkylation sites (tertiary alicyclic amines) is 1. The molecule has 2 aliphatic rings. The van der Waals surface area contributed by atoms with Crippen LogP contribution in [-0.4, -0.2) is 77.0 Å². The highest BCUT2D eigenvalue weighted by Crippen LogP contribution is 2.18. The molecule has 3 rings (SSSR count). The number of carbonyl (C=O) groups excluding carboxylic acids is 1. The number of hydrogen-bond donors (Lipinski definition) is 1. The number of carbonyl (C=O) groups is 2. The minimum Gasteiger partial charge on any atom is -0.480 e. The van der Waals surface area contributed by atoms with Gasteiger partial charge in [0.15, 0.2) is 0 Å². The van der Waals surface area contributed by atoms with E-state index in [4.69, 9.17) is 0 Å². The third kappa shape index (κ3) is 4.38. The summed E-state index contributed by atoms with van der Waals surface area (Å²) in [5.74, 6) is -0.753. The predicted molar refractivity (Wildman–Crippen MR) is 95.3 cm³/mol. The van der Waals surface area contributed by atoms with E-state index < -0.39 is 12.0 Å². The first kappa shape index (κ1) is 17.9. The highest BCUT2D eigenvalue weighted by atomic mass is 16.4. The fourth-order valence-electron chi connectivity index (χ4n) is 3.75. The van der Waals surface area contributed by atoms with E-state index in [-0.39, 0.29) is 12.5 Å². The number of carboxylic acid groups (broad SMARTS) is 1. The summed E-state index contributed by atoms with van der Waals surface area (Å²) in [5.41, 5.74) is 2.64. The largest absolute Gasteiger partial charge is 0.480 e. The second kappa shape index (κ2) is 7.97. The van der Waals surface area contributed by atoms with Crippen molar-refractivity contribution in [3.8, 4) is 0 Å². The Balaban J connectivity index is 1.48. The van der Waals surface area contributed by atoms with Crippen LogP contribution in [0.25, 0.3) is 0 Å². The van der Waals surface area contributed by atoms with Gasteiger partial charge in [0.2, 0.25) is 5.91 Å². The number of rotatable bonds is 5. The highest BCUT2D eigenvalue weighted by molar-refractivity contribution is 5.80. The lowest BCUT2D eigenvalue weighted by Crippen LogP contribution is -2.51. The van der Waals surface area contributed by atoms with Gasteiger partial charge in [0.1, 0.15) is 6.04 Å². The van der Waals surface area contributed by atoms with E-state index in [0.717, 1.165) is 39.1 Å². The van der Waals surface area contributed by atoms with E-state index in [2.05, 4.69) is 36.1 Å². The van der Waals surface area contributed by atoms with Crippen LogP contribution in [0.5, 0.6) is 0 Å². The van der Waals surface area contributed by atoms with E-state index in [1.54, 1.807) is 0 Å². The van der Waals surface area contributed by atoms with Crippen LogP contribution in [-0.2, 0) is 16.1 Å². The molecule has 2 saturated heterocycles. The van der Waals surface area contributed by atoms with E-state index in [1.807, 2.05) is 9.80 Å². The number of piperazine rings is 1. The van der Waals surface area contributed by atoms with Gasteiger partial charge >= 0.3 is 5.97 Å². The number of aliphatic carboxylic acids is 1. The number of nitrogens with zero attached hydrogens (tertiary/aromatic N) is 3. The lowest BCUT2D eigenvalue weighted by molar-refractivity contribution is -0.143. The van der Waals surface area contributed by atoms with Gasteiger partial charge in [0.25, 0.3) is 0 Å². The first-order chi connectivity index (χ1) is 12.0. The molecule has 0 bridgehead atoms. The average molecular weight is 345 g/mol. The summed E-state index contributed by atoms with van der Waals surface area (Å²) in [5, 5.41) is 9.23. The van der Waals surface area contributed by atoms with Crippen molar-refractivity contribution in [3.05, 3.63) is 35.4 Å². The van der Waals surface area contributed by atoms with Crippen LogP contribution in [0.3, 0.4) is 0 Å². The summed E-state index contributed by atoms with van der Waals surface area (Å²) in [4.78, 5) is 29.8. The Morgan fingerprint density at radius 3 is 2.52 bits per heavy atom. The van der Waals surface area contributed by atoms with Crippen LogP contribution in [0.2, 0.25) is 0 Å². The number of amides is 1. The lowest BCUT2D eigenvalue weighted by atomic mass is 10.1.